The first kappa shape index (κ1) is 13.6. The van der Waals surface area contributed by atoms with E-state index in [9.17, 15) is 9.59 Å². The molecule has 98 valence electrons. The molecule has 20 heavy (non-hydrogen) atoms. The zero-order valence-corrected chi connectivity index (χ0v) is 11.2. The highest BCUT2D eigenvalue weighted by Crippen LogP contribution is 2.40. The maximum absolute atomic E-state index is 10.6. The fourth-order valence-corrected chi connectivity index (χ4v) is 2.24. The second-order valence-electron chi connectivity index (χ2n) is 4.34. The van der Waals surface area contributed by atoms with Crippen LogP contribution in [0.1, 0.15) is 11.1 Å². The molecule has 0 amide bonds. The summed E-state index contributed by atoms with van der Waals surface area (Å²) in [5, 5.41) is 0. The number of carbonyl (C=O) groups excluding carboxylic acids is 2. The monoisotopic (exact) mass is 264 g/mol. The van der Waals surface area contributed by atoms with Crippen LogP contribution in [0.25, 0.3) is 11.1 Å². The van der Waals surface area contributed by atoms with Gasteiger partial charge in [0.2, 0.25) is 12.2 Å². The highest BCUT2D eigenvalue weighted by Gasteiger charge is 2.14. The van der Waals surface area contributed by atoms with Crippen LogP contribution >= 0.6 is 0 Å². The molecule has 0 aromatic heterocycles. The molecule has 0 heterocycles. The van der Waals surface area contributed by atoms with Crippen LogP contribution in [0.3, 0.4) is 0 Å². The Morgan fingerprint density at radius 3 is 1.50 bits per heavy atom. The van der Waals surface area contributed by atoms with Crippen molar-refractivity contribution < 1.29 is 9.59 Å². The summed E-state index contributed by atoms with van der Waals surface area (Å²) >= 11 is 0. The number of benzene rings is 2. The first-order valence-corrected chi connectivity index (χ1v) is 6.04. The van der Waals surface area contributed by atoms with Gasteiger partial charge in [-0.3, -0.25) is 0 Å². The lowest BCUT2D eigenvalue weighted by atomic mass is 9.93. The van der Waals surface area contributed by atoms with E-state index in [4.69, 9.17) is 0 Å². The van der Waals surface area contributed by atoms with E-state index in [-0.39, 0.29) is 0 Å². The summed E-state index contributed by atoms with van der Waals surface area (Å²) in [6.07, 6.45) is 3.12. The number of aliphatic imine (C=N–C) groups is 2. The lowest BCUT2D eigenvalue weighted by Gasteiger charge is -2.13. The third kappa shape index (κ3) is 2.47. The second kappa shape index (κ2) is 5.89. The van der Waals surface area contributed by atoms with Gasteiger partial charge in [0.25, 0.3) is 0 Å². The van der Waals surface area contributed by atoms with Gasteiger partial charge >= 0.3 is 0 Å². The van der Waals surface area contributed by atoms with Crippen LogP contribution in [0, 0.1) is 13.8 Å². The predicted octanol–water partition coefficient (Wildman–Crippen LogP) is 3.91. The van der Waals surface area contributed by atoms with Crippen LogP contribution < -0.4 is 0 Å². The van der Waals surface area contributed by atoms with Crippen LogP contribution in [-0.2, 0) is 9.59 Å². The number of hydrogen-bond donors (Lipinski definition) is 0. The van der Waals surface area contributed by atoms with Crippen LogP contribution in [0.4, 0.5) is 11.4 Å². The minimum atomic E-state index is 0.511. The van der Waals surface area contributed by atoms with Crippen molar-refractivity contribution >= 4 is 23.5 Å². The van der Waals surface area contributed by atoms with E-state index in [1.165, 1.54) is 0 Å². The molecule has 0 atom stereocenters. The fraction of sp³-hybridized carbons (Fsp3) is 0.125. The van der Waals surface area contributed by atoms with E-state index in [1.807, 2.05) is 38.1 Å². The minimum Gasteiger partial charge on any atom is -0.211 e. The van der Waals surface area contributed by atoms with Crippen molar-refractivity contribution in [2.24, 2.45) is 9.98 Å². The van der Waals surface area contributed by atoms with Crippen molar-refractivity contribution in [3.05, 3.63) is 47.5 Å². The van der Waals surface area contributed by atoms with Crippen molar-refractivity contribution in [3.8, 4) is 11.1 Å². The molecule has 0 bridgehead atoms. The Morgan fingerprint density at radius 1 is 0.750 bits per heavy atom. The molecule has 0 saturated heterocycles. The van der Waals surface area contributed by atoms with Crippen LogP contribution in [0.5, 0.6) is 0 Å². The molecule has 0 radical (unpaired) electrons. The molecule has 0 unspecified atom stereocenters. The molecule has 0 aliphatic heterocycles. The number of hydrogen-bond acceptors (Lipinski definition) is 4. The van der Waals surface area contributed by atoms with E-state index in [0.29, 0.717) is 11.4 Å². The van der Waals surface area contributed by atoms with E-state index >= 15 is 0 Å². The Labute approximate surface area is 116 Å². The third-order valence-electron chi connectivity index (χ3n) is 3.08. The standard InChI is InChI=1S/C16H12N2O2/c1-11-5-3-7-13(17-9-19)15(11)16-12(2)6-4-8-14(16)18-10-20/h3-8H,1-2H3. The molecule has 2 aromatic rings. The van der Waals surface area contributed by atoms with E-state index < -0.39 is 0 Å². The van der Waals surface area contributed by atoms with Crippen molar-refractivity contribution in [1.29, 1.82) is 0 Å². The van der Waals surface area contributed by atoms with Gasteiger partial charge in [-0.15, -0.1) is 0 Å². The molecular formula is C16H12N2O2. The first-order valence-electron chi connectivity index (χ1n) is 6.04. The average Bonchev–Trinajstić information content (AvgIpc) is 2.42. The van der Waals surface area contributed by atoms with E-state index in [0.717, 1.165) is 22.3 Å². The molecule has 0 spiro atoms. The third-order valence-corrected chi connectivity index (χ3v) is 3.08. The number of isocyanates is 2. The lowest BCUT2D eigenvalue weighted by Crippen LogP contribution is -1.89. The van der Waals surface area contributed by atoms with E-state index in [1.54, 1.807) is 24.3 Å². The zero-order chi connectivity index (χ0) is 14.5. The van der Waals surface area contributed by atoms with Crippen molar-refractivity contribution in [1.82, 2.24) is 0 Å². The summed E-state index contributed by atoms with van der Waals surface area (Å²) in [5.74, 6) is 0. The van der Waals surface area contributed by atoms with E-state index in [2.05, 4.69) is 9.98 Å². The molecular weight excluding hydrogens is 252 g/mol. The number of aryl methyl sites for hydroxylation is 2. The molecule has 4 heteroatoms. The molecule has 0 fully saturated rings. The fourth-order valence-electron chi connectivity index (χ4n) is 2.24. The topological polar surface area (TPSA) is 58.9 Å². The average molecular weight is 264 g/mol. The summed E-state index contributed by atoms with van der Waals surface area (Å²) in [7, 11) is 0. The van der Waals surface area contributed by atoms with Gasteiger partial charge in [0.15, 0.2) is 0 Å². The zero-order valence-electron chi connectivity index (χ0n) is 11.2. The lowest BCUT2D eigenvalue weighted by molar-refractivity contribution is 0.564. The van der Waals surface area contributed by atoms with Crippen LogP contribution in [-0.4, -0.2) is 12.2 Å². The Hall–Kier alpha value is -2.80. The van der Waals surface area contributed by atoms with Crippen molar-refractivity contribution in [3.63, 3.8) is 0 Å². The van der Waals surface area contributed by atoms with Gasteiger partial charge in [-0.25, -0.2) is 9.59 Å². The molecule has 2 aromatic carbocycles. The van der Waals surface area contributed by atoms with Crippen molar-refractivity contribution in [2.45, 2.75) is 13.8 Å². The molecule has 0 aliphatic rings. The summed E-state index contributed by atoms with van der Waals surface area (Å²) in [6.45, 7) is 3.83. The highest BCUT2D eigenvalue weighted by molar-refractivity contribution is 5.89. The van der Waals surface area contributed by atoms with Gasteiger partial charge in [-0.2, -0.15) is 9.98 Å². The largest absolute Gasteiger partial charge is 0.240 e. The molecule has 4 nitrogen and oxygen atoms in total. The van der Waals surface area contributed by atoms with Gasteiger partial charge in [-0.1, -0.05) is 24.3 Å². The first-order chi connectivity index (χ1) is 9.69. The van der Waals surface area contributed by atoms with Gasteiger partial charge in [0.1, 0.15) is 0 Å². The number of nitrogens with zero attached hydrogens (tertiary/aromatic N) is 2. The summed E-state index contributed by atoms with van der Waals surface area (Å²) in [6, 6.07) is 10.9. The van der Waals surface area contributed by atoms with Gasteiger partial charge < -0.3 is 0 Å². The molecule has 0 aliphatic carbocycles. The minimum absolute atomic E-state index is 0.511. The predicted molar refractivity (Wildman–Crippen MR) is 76.9 cm³/mol. The highest BCUT2D eigenvalue weighted by atomic mass is 16.1. The molecule has 0 N–H and O–H groups in total. The van der Waals surface area contributed by atoms with Gasteiger partial charge in [-0.05, 0) is 37.1 Å². The Bertz CT molecular complexity index is 688. The van der Waals surface area contributed by atoms with Gasteiger partial charge in [0.05, 0.1) is 11.4 Å². The Balaban J connectivity index is 2.87. The SMILES string of the molecule is Cc1cccc(N=C=O)c1-c1c(C)cccc1N=C=O. The van der Waals surface area contributed by atoms with Crippen LogP contribution in [0.15, 0.2) is 46.4 Å². The molecule has 2 rings (SSSR count). The van der Waals surface area contributed by atoms with Crippen molar-refractivity contribution in [2.75, 3.05) is 0 Å². The quantitative estimate of drug-likeness (QED) is 0.623. The van der Waals surface area contributed by atoms with Gasteiger partial charge in [0, 0.05) is 11.1 Å². The maximum atomic E-state index is 10.6. The number of rotatable bonds is 3. The summed E-state index contributed by atoms with van der Waals surface area (Å²) in [5.41, 5.74) is 4.47. The van der Waals surface area contributed by atoms with Crippen LogP contribution in [0.2, 0.25) is 0 Å². The normalized spacial score (nSPS) is 9.50. The maximum Gasteiger partial charge on any atom is 0.240 e. The molecule has 0 saturated carbocycles. The Morgan fingerprint density at radius 2 is 1.15 bits per heavy atom. The smallest absolute Gasteiger partial charge is 0.211 e. The Kier molecular flexibility index (Phi) is 4.02. The summed E-state index contributed by atoms with van der Waals surface area (Å²) in [4.78, 5) is 28.7. The second-order valence-corrected chi connectivity index (χ2v) is 4.34. The summed E-state index contributed by atoms with van der Waals surface area (Å²) < 4.78 is 0.